The molecule has 0 spiro atoms. The second-order valence-corrected chi connectivity index (χ2v) is 9.62. The number of anilines is 1. The molecule has 150 valence electrons. The summed E-state index contributed by atoms with van der Waals surface area (Å²) in [5.74, 6) is 2.33. The predicted molar refractivity (Wildman–Crippen MR) is 116 cm³/mol. The number of amides is 1. The standard InChI is InChI=1S/C22H30N4OS/c1-22(2,3)18-12-19(26(4)5)25-21(24-18)28-14-16-7-6-8-17(11-16)20(27)23-13-15-9-10-15/h6-8,11-12,15H,9-10,13-14H2,1-5H3,(H,23,27). The number of benzene rings is 1. The van der Waals surface area contributed by atoms with E-state index < -0.39 is 0 Å². The van der Waals surface area contributed by atoms with E-state index in [4.69, 9.17) is 4.98 Å². The molecule has 1 heterocycles. The number of carbonyl (C=O) groups excluding carboxylic acids is 1. The topological polar surface area (TPSA) is 58.1 Å². The van der Waals surface area contributed by atoms with Gasteiger partial charge >= 0.3 is 0 Å². The van der Waals surface area contributed by atoms with E-state index in [1.807, 2.05) is 43.3 Å². The third-order valence-corrected chi connectivity index (χ3v) is 5.64. The van der Waals surface area contributed by atoms with Gasteiger partial charge in [0.2, 0.25) is 0 Å². The van der Waals surface area contributed by atoms with Crippen LogP contribution in [0.25, 0.3) is 0 Å². The van der Waals surface area contributed by atoms with E-state index in [-0.39, 0.29) is 11.3 Å². The molecule has 1 N–H and O–H groups in total. The Morgan fingerprint density at radius 2 is 1.96 bits per heavy atom. The van der Waals surface area contributed by atoms with E-state index in [2.05, 4.69) is 37.1 Å². The molecule has 0 saturated heterocycles. The highest BCUT2D eigenvalue weighted by atomic mass is 32.2. The van der Waals surface area contributed by atoms with Gasteiger partial charge in [0.05, 0.1) is 5.69 Å². The van der Waals surface area contributed by atoms with Crippen LogP contribution < -0.4 is 10.2 Å². The van der Waals surface area contributed by atoms with Crippen molar-refractivity contribution in [1.29, 1.82) is 0 Å². The van der Waals surface area contributed by atoms with Crippen LogP contribution in [-0.4, -0.2) is 36.5 Å². The minimum Gasteiger partial charge on any atom is -0.363 e. The molecule has 1 saturated carbocycles. The zero-order valence-corrected chi connectivity index (χ0v) is 18.3. The van der Waals surface area contributed by atoms with E-state index in [9.17, 15) is 4.79 Å². The zero-order chi connectivity index (χ0) is 20.3. The molecule has 1 fully saturated rings. The molecule has 0 radical (unpaired) electrons. The van der Waals surface area contributed by atoms with Gasteiger partial charge in [-0.3, -0.25) is 4.79 Å². The first-order valence-corrected chi connectivity index (χ1v) is 10.8. The Morgan fingerprint density at radius 1 is 1.21 bits per heavy atom. The van der Waals surface area contributed by atoms with Crippen molar-refractivity contribution >= 4 is 23.5 Å². The van der Waals surface area contributed by atoms with Gasteiger partial charge < -0.3 is 10.2 Å². The maximum absolute atomic E-state index is 12.3. The Bertz CT molecular complexity index is 841. The van der Waals surface area contributed by atoms with Crippen LogP contribution >= 0.6 is 11.8 Å². The van der Waals surface area contributed by atoms with Crippen molar-refractivity contribution in [2.24, 2.45) is 5.92 Å². The lowest BCUT2D eigenvalue weighted by Gasteiger charge is -2.21. The molecule has 1 aromatic heterocycles. The van der Waals surface area contributed by atoms with Crippen LogP contribution in [0.5, 0.6) is 0 Å². The smallest absolute Gasteiger partial charge is 0.251 e. The minimum atomic E-state index is -0.0391. The van der Waals surface area contributed by atoms with Gasteiger partial charge in [-0.05, 0) is 36.5 Å². The van der Waals surface area contributed by atoms with Crippen LogP contribution in [0.3, 0.4) is 0 Å². The zero-order valence-electron chi connectivity index (χ0n) is 17.5. The number of nitrogens with zero attached hydrogens (tertiary/aromatic N) is 3. The highest BCUT2D eigenvalue weighted by molar-refractivity contribution is 7.98. The fourth-order valence-corrected chi connectivity index (χ4v) is 3.50. The summed E-state index contributed by atoms with van der Waals surface area (Å²) in [6.07, 6.45) is 2.47. The van der Waals surface area contributed by atoms with E-state index >= 15 is 0 Å². The minimum absolute atomic E-state index is 0.0135. The van der Waals surface area contributed by atoms with Gasteiger partial charge in [-0.2, -0.15) is 0 Å². The van der Waals surface area contributed by atoms with E-state index in [1.165, 1.54) is 12.8 Å². The number of aromatic nitrogens is 2. The predicted octanol–water partition coefficient (Wildman–Crippen LogP) is 4.27. The molecule has 0 bridgehead atoms. The fourth-order valence-electron chi connectivity index (χ4n) is 2.70. The third kappa shape index (κ3) is 5.71. The van der Waals surface area contributed by atoms with Crippen LogP contribution in [0.4, 0.5) is 5.82 Å². The third-order valence-electron chi connectivity index (χ3n) is 4.72. The first kappa shape index (κ1) is 20.6. The van der Waals surface area contributed by atoms with Crippen LogP contribution in [-0.2, 0) is 11.2 Å². The molecule has 3 rings (SSSR count). The largest absolute Gasteiger partial charge is 0.363 e. The normalized spacial score (nSPS) is 14.0. The van der Waals surface area contributed by atoms with Crippen molar-refractivity contribution in [1.82, 2.24) is 15.3 Å². The number of hydrogen-bond acceptors (Lipinski definition) is 5. The molecule has 5 nitrogen and oxygen atoms in total. The summed E-state index contributed by atoms with van der Waals surface area (Å²) < 4.78 is 0. The molecule has 1 aliphatic carbocycles. The van der Waals surface area contributed by atoms with Gasteiger partial charge in [-0.25, -0.2) is 9.97 Å². The molecule has 0 unspecified atom stereocenters. The second kappa shape index (κ2) is 8.52. The van der Waals surface area contributed by atoms with Crippen molar-refractivity contribution in [2.75, 3.05) is 25.5 Å². The summed E-state index contributed by atoms with van der Waals surface area (Å²) >= 11 is 1.60. The Hall–Kier alpha value is -2.08. The molecule has 1 aromatic carbocycles. The Labute approximate surface area is 172 Å². The van der Waals surface area contributed by atoms with Crippen molar-refractivity contribution in [3.05, 3.63) is 47.2 Å². The van der Waals surface area contributed by atoms with E-state index in [0.29, 0.717) is 5.92 Å². The lowest BCUT2D eigenvalue weighted by molar-refractivity contribution is 0.0951. The Morgan fingerprint density at radius 3 is 2.61 bits per heavy atom. The van der Waals surface area contributed by atoms with Crippen molar-refractivity contribution in [3.8, 4) is 0 Å². The lowest BCUT2D eigenvalue weighted by atomic mass is 9.92. The summed E-state index contributed by atoms with van der Waals surface area (Å²) in [6, 6.07) is 9.88. The molecular formula is C22H30N4OS. The molecule has 2 aromatic rings. The van der Waals surface area contributed by atoms with Gasteiger partial charge in [0.15, 0.2) is 5.16 Å². The average Bonchev–Trinajstić information content (AvgIpc) is 3.48. The molecule has 1 aliphatic rings. The average molecular weight is 399 g/mol. The van der Waals surface area contributed by atoms with Crippen LogP contribution in [0, 0.1) is 5.92 Å². The van der Waals surface area contributed by atoms with Crippen molar-refractivity contribution < 1.29 is 4.79 Å². The fraction of sp³-hybridized carbons (Fsp3) is 0.500. The molecule has 6 heteroatoms. The summed E-state index contributed by atoms with van der Waals surface area (Å²) in [6.45, 7) is 7.27. The Kier molecular flexibility index (Phi) is 6.28. The first-order chi connectivity index (χ1) is 13.2. The quantitative estimate of drug-likeness (QED) is 0.557. The molecule has 1 amide bonds. The summed E-state index contributed by atoms with van der Waals surface area (Å²) in [5, 5.41) is 3.79. The van der Waals surface area contributed by atoms with E-state index in [1.54, 1.807) is 11.8 Å². The van der Waals surface area contributed by atoms with Crippen LogP contribution in [0.15, 0.2) is 35.5 Å². The van der Waals surface area contributed by atoms with Crippen LogP contribution in [0.2, 0.25) is 0 Å². The lowest BCUT2D eigenvalue weighted by Crippen LogP contribution is -2.25. The van der Waals surface area contributed by atoms with Crippen molar-refractivity contribution in [2.45, 2.75) is 49.9 Å². The monoisotopic (exact) mass is 398 g/mol. The summed E-state index contributed by atoms with van der Waals surface area (Å²) in [7, 11) is 3.99. The molecule has 0 aliphatic heterocycles. The molecule has 0 atom stereocenters. The van der Waals surface area contributed by atoms with Crippen molar-refractivity contribution in [3.63, 3.8) is 0 Å². The SMILES string of the molecule is CN(C)c1cc(C(C)(C)C)nc(SCc2cccc(C(=O)NCC3CC3)c2)n1. The number of rotatable bonds is 7. The maximum Gasteiger partial charge on any atom is 0.251 e. The van der Waals surface area contributed by atoms with E-state index in [0.717, 1.165) is 40.1 Å². The summed E-state index contributed by atoms with van der Waals surface area (Å²) in [4.78, 5) is 23.8. The van der Waals surface area contributed by atoms with Gasteiger partial charge in [-0.15, -0.1) is 0 Å². The number of carbonyl (C=O) groups is 1. The number of thioether (sulfide) groups is 1. The second-order valence-electron chi connectivity index (χ2n) is 8.68. The maximum atomic E-state index is 12.3. The highest BCUT2D eigenvalue weighted by Crippen LogP contribution is 2.29. The van der Waals surface area contributed by atoms with Gasteiger partial charge in [0.25, 0.3) is 5.91 Å². The van der Waals surface area contributed by atoms with Crippen LogP contribution in [0.1, 0.15) is 55.2 Å². The van der Waals surface area contributed by atoms with Gasteiger partial charge in [-0.1, -0.05) is 44.7 Å². The molecule has 28 heavy (non-hydrogen) atoms. The number of hydrogen-bond donors (Lipinski definition) is 1. The van der Waals surface area contributed by atoms with Gasteiger partial charge in [0.1, 0.15) is 5.82 Å². The summed E-state index contributed by atoms with van der Waals surface area (Å²) in [5.41, 5.74) is 2.81. The van der Waals surface area contributed by atoms with Gasteiger partial charge in [0, 0.05) is 43.4 Å². The molecular weight excluding hydrogens is 368 g/mol. The first-order valence-electron chi connectivity index (χ1n) is 9.79. The Balaban J connectivity index is 1.70. The number of nitrogens with one attached hydrogen (secondary N) is 1. The highest BCUT2D eigenvalue weighted by Gasteiger charge is 2.22.